The quantitative estimate of drug-likeness (QED) is 0.540. The second-order valence-electron chi connectivity index (χ2n) is 5.06. The van der Waals surface area contributed by atoms with Crippen molar-refractivity contribution in [3.05, 3.63) is 78.5 Å². The summed E-state index contributed by atoms with van der Waals surface area (Å²) >= 11 is 0. The second-order valence-corrected chi connectivity index (χ2v) is 5.06. The Kier molecular flexibility index (Phi) is 2.23. The van der Waals surface area contributed by atoms with Gasteiger partial charge in [-0.25, -0.2) is 15.0 Å². The van der Waals surface area contributed by atoms with Crippen LogP contribution in [-0.4, -0.2) is 15.0 Å². The fourth-order valence-electron chi connectivity index (χ4n) is 2.50. The van der Waals surface area contributed by atoms with E-state index < -0.39 is 18.1 Å². The average molecular weight is 302 g/mol. The molecule has 0 radical (unpaired) electrons. The molecule has 23 heavy (non-hydrogen) atoms. The van der Waals surface area contributed by atoms with Gasteiger partial charge in [0.1, 0.15) is 5.82 Å². The summed E-state index contributed by atoms with van der Waals surface area (Å²) in [5, 5.41) is 1.99. The Balaban J connectivity index is 2.00. The Morgan fingerprint density at radius 2 is 1.52 bits per heavy atom. The zero-order chi connectivity index (χ0) is 20.0. The molecule has 110 valence electrons. The monoisotopic (exact) mass is 302 g/mol. The Labute approximate surface area is 141 Å². The number of hydrogen-bond acceptors (Lipinski definition) is 3. The highest BCUT2D eigenvalue weighted by atomic mass is 15.0. The highest BCUT2D eigenvalue weighted by Crippen LogP contribution is 2.27. The number of benzene rings is 3. The third kappa shape index (κ3) is 2.57. The second kappa shape index (κ2) is 5.61. The number of hydrogen-bond donors (Lipinski definition) is 0. The molecule has 0 aliphatic heterocycles. The molecule has 4 aromatic rings. The fraction of sp³-hybridized carbons (Fsp3) is 0.0500. The molecule has 0 spiro atoms. The predicted molar refractivity (Wildman–Crippen MR) is 92.9 cm³/mol. The number of aromatic nitrogens is 3. The maximum absolute atomic E-state index is 8.18. The van der Waals surface area contributed by atoms with Gasteiger partial charge in [-0.15, -0.1) is 0 Å². The van der Waals surface area contributed by atoms with Gasteiger partial charge in [0.05, 0.1) is 6.85 Å². The molecule has 0 saturated carbocycles. The lowest BCUT2D eigenvalue weighted by atomic mass is 10.0. The van der Waals surface area contributed by atoms with Crippen molar-refractivity contribution in [2.45, 2.75) is 6.92 Å². The van der Waals surface area contributed by atoms with Gasteiger partial charge in [-0.1, -0.05) is 72.7 Å². The molecule has 0 N–H and O–H groups in total. The molecule has 0 aliphatic carbocycles. The van der Waals surface area contributed by atoms with Gasteiger partial charge < -0.3 is 0 Å². The lowest BCUT2D eigenvalue weighted by molar-refractivity contribution is 0.993. The molecule has 3 heteroatoms. The van der Waals surface area contributed by atoms with Gasteiger partial charge in [0, 0.05) is 11.1 Å². The van der Waals surface area contributed by atoms with E-state index in [2.05, 4.69) is 15.0 Å². The molecule has 0 atom stereocenters. The summed E-state index contributed by atoms with van der Waals surface area (Å²) in [7, 11) is 0. The van der Waals surface area contributed by atoms with Crippen LogP contribution in [0.3, 0.4) is 0 Å². The van der Waals surface area contributed by atoms with Gasteiger partial charge in [-0.2, -0.15) is 0 Å². The Morgan fingerprint density at radius 1 is 0.783 bits per heavy atom. The van der Waals surface area contributed by atoms with Crippen LogP contribution in [-0.2, 0) is 0 Å². The van der Waals surface area contributed by atoms with Crippen LogP contribution >= 0.6 is 0 Å². The highest BCUT2D eigenvalue weighted by Gasteiger charge is 2.10. The summed E-state index contributed by atoms with van der Waals surface area (Å²) in [6.07, 6.45) is 0. The third-order valence-electron chi connectivity index (χ3n) is 3.50. The van der Waals surface area contributed by atoms with Gasteiger partial charge in [0.25, 0.3) is 0 Å². The smallest absolute Gasteiger partial charge is 0.164 e. The molecule has 0 amide bonds. The summed E-state index contributed by atoms with van der Waals surface area (Å²) in [6, 6.07) is 11.7. The van der Waals surface area contributed by atoms with Crippen molar-refractivity contribution in [2.75, 3.05) is 0 Å². The maximum atomic E-state index is 8.18. The van der Waals surface area contributed by atoms with Gasteiger partial charge in [0.2, 0.25) is 0 Å². The molecule has 0 bridgehead atoms. The Bertz CT molecular complexity index is 1210. The first-order valence-corrected chi connectivity index (χ1v) is 7.16. The van der Waals surface area contributed by atoms with E-state index in [4.69, 9.17) is 6.85 Å². The van der Waals surface area contributed by atoms with Gasteiger partial charge >= 0.3 is 0 Å². The SMILES string of the molecule is [2H]c1c([2H])c([2H])c(-c2nc(C)nc(-c3cccc4ccccc34)n2)c([2H])c1[2H]. The van der Waals surface area contributed by atoms with Crippen molar-refractivity contribution in [3.63, 3.8) is 0 Å². The highest BCUT2D eigenvalue weighted by molar-refractivity contribution is 5.95. The van der Waals surface area contributed by atoms with Crippen molar-refractivity contribution in [1.82, 2.24) is 15.0 Å². The Hall–Kier alpha value is -3.07. The first-order chi connectivity index (χ1) is 13.4. The van der Waals surface area contributed by atoms with E-state index >= 15 is 0 Å². The molecule has 0 saturated heterocycles. The minimum atomic E-state index is -0.446. The van der Waals surface area contributed by atoms with Crippen LogP contribution in [0.15, 0.2) is 72.7 Å². The van der Waals surface area contributed by atoms with Crippen LogP contribution < -0.4 is 0 Å². The molecular formula is C20H15N3. The van der Waals surface area contributed by atoms with Crippen molar-refractivity contribution >= 4 is 10.8 Å². The zero-order valence-electron chi connectivity index (χ0n) is 17.4. The van der Waals surface area contributed by atoms with Crippen LogP contribution in [0, 0.1) is 6.92 Å². The van der Waals surface area contributed by atoms with E-state index in [0.29, 0.717) is 11.6 Å². The summed E-state index contributed by atoms with van der Waals surface area (Å²) in [5.41, 5.74) is 0.759. The molecule has 0 unspecified atom stereocenters. The molecule has 4 rings (SSSR count). The summed E-state index contributed by atoms with van der Waals surface area (Å²) in [6.45, 7) is 1.69. The number of rotatable bonds is 2. The normalized spacial score (nSPS) is 13.9. The fourth-order valence-corrected chi connectivity index (χ4v) is 2.50. The number of fused-ring (bicyclic) bond motifs is 1. The largest absolute Gasteiger partial charge is 0.213 e. The van der Waals surface area contributed by atoms with Crippen molar-refractivity contribution in [1.29, 1.82) is 0 Å². The maximum Gasteiger partial charge on any atom is 0.164 e. The van der Waals surface area contributed by atoms with E-state index in [0.717, 1.165) is 16.3 Å². The topological polar surface area (TPSA) is 38.7 Å². The van der Waals surface area contributed by atoms with Crippen LogP contribution in [0.4, 0.5) is 0 Å². The molecule has 1 aromatic heterocycles. The lowest BCUT2D eigenvalue weighted by Crippen LogP contribution is -1.99. The number of aryl methyl sites for hydroxylation is 1. The van der Waals surface area contributed by atoms with Crippen LogP contribution in [0.5, 0.6) is 0 Å². The number of nitrogens with zero attached hydrogens (tertiary/aromatic N) is 3. The van der Waals surface area contributed by atoms with Crippen LogP contribution in [0.25, 0.3) is 33.5 Å². The molecule has 3 aromatic carbocycles. The molecule has 1 heterocycles. The molecule has 3 nitrogen and oxygen atoms in total. The van der Waals surface area contributed by atoms with Gasteiger partial charge in [0.15, 0.2) is 11.6 Å². The van der Waals surface area contributed by atoms with Crippen molar-refractivity contribution in [3.8, 4) is 22.8 Å². The minimum absolute atomic E-state index is 0.0296. The van der Waals surface area contributed by atoms with Crippen LogP contribution in [0.1, 0.15) is 12.7 Å². The standard InChI is InChI=1S/C20H15N3/c1-14-21-19(16-9-3-2-4-10-16)23-20(22-14)18-13-7-11-15-8-5-6-12-17(15)18/h2-13H,1H3/i2D,3D,4D,9D,10D. The first-order valence-electron chi connectivity index (χ1n) is 9.66. The predicted octanol–water partition coefficient (Wildman–Crippen LogP) is 4.67. The van der Waals surface area contributed by atoms with Crippen molar-refractivity contribution < 1.29 is 6.85 Å². The van der Waals surface area contributed by atoms with Crippen LogP contribution in [0.2, 0.25) is 0 Å². The van der Waals surface area contributed by atoms with E-state index in [9.17, 15) is 0 Å². The average Bonchev–Trinajstić information content (AvgIpc) is 2.70. The lowest BCUT2D eigenvalue weighted by Gasteiger charge is -2.08. The summed E-state index contributed by atoms with van der Waals surface area (Å²) in [4.78, 5) is 13.1. The van der Waals surface area contributed by atoms with Gasteiger partial charge in [-0.05, 0) is 17.7 Å². The summed E-state index contributed by atoms with van der Waals surface area (Å²) < 4.78 is 39.9. The van der Waals surface area contributed by atoms with E-state index in [-0.39, 0.29) is 23.5 Å². The van der Waals surface area contributed by atoms with Gasteiger partial charge in [-0.3, -0.25) is 0 Å². The molecular weight excluding hydrogens is 282 g/mol. The van der Waals surface area contributed by atoms with E-state index in [1.807, 2.05) is 42.5 Å². The summed E-state index contributed by atoms with van der Waals surface area (Å²) in [5.74, 6) is 0.860. The Morgan fingerprint density at radius 3 is 2.39 bits per heavy atom. The molecule has 0 fully saturated rings. The van der Waals surface area contributed by atoms with E-state index in [1.54, 1.807) is 6.92 Å². The third-order valence-corrected chi connectivity index (χ3v) is 3.50. The zero-order valence-corrected chi connectivity index (χ0v) is 12.4. The first kappa shape index (κ1) is 9.16. The molecule has 0 aliphatic rings. The van der Waals surface area contributed by atoms with E-state index in [1.165, 1.54) is 0 Å². The van der Waals surface area contributed by atoms with Crippen molar-refractivity contribution in [2.24, 2.45) is 0 Å². The minimum Gasteiger partial charge on any atom is -0.213 e.